The molecule has 0 radical (unpaired) electrons. The Morgan fingerprint density at radius 2 is 0.909 bits per heavy atom. The second-order valence-corrected chi connectivity index (χ2v) is 10.3. The van der Waals surface area contributed by atoms with Gasteiger partial charge in [-0.2, -0.15) is 0 Å². The number of hydrogen-bond acceptors (Lipinski definition) is 2. The van der Waals surface area contributed by atoms with Crippen LogP contribution >= 0.6 is 20.2 Å². The van der Waals surface area contributed by atoms with Gasteiger partial charge in [0.25, 0.3) is 0 Å². The van der Waals surface area contributed by atoms with Crippen molar-refractivity contribution < 1.29 is 13.1 Å². The fourth-order valence-electron chi connectivity index (χ4n) is 4.13. The van der Waals surface area contributed by atoms with E-state index in [2.05, 4.69) is 104 Å². The molecule has 33 heavy (non-hydrogen) atoms. The summed E-state index contributed by atoms with van der Waals surface area (Å²) < 4.78 is 0. The summed E-state index contributed by atoms with van der Waals surface area (Å²) in [7, 11) is 9.53. The van der Waals surface area contributed by atoms with Crippen LogP contribution in [-0.4, -0.2) is 11.4 Å². The van der Waals surface area contributed by atoms with Crippen molar-refractivity contribution in [1.82, 2.24) is 0 Å². The Morgan fingerprint density at radius 1 is 0.606 bits per heavy atom. The van der Waals surface area contributed by atoms with Crippen molar-refractivity contribution in [3.05, 3.63) is 93.0 Å². The molecule has 0 atom stereocenters. The fourth-order valence-corrected chi connectivity index (χ4v) is 4.13. The molecule has 0 saturated heterocycles. The van der Waals surface area contributed by atoms with Crippen LogP contribution in [0.25, 0.3) is 0 Å². The molecule has 5 heteroatoms. The number of benzene rings is 3. The van der Waals surface area contributed by atoms with Crippen LogP contribution in [0.15, 0.2) is 58.5 Å². The van der Waals surface area contributed by atoms with Gasteiger partial charge in [0.05, 0.1) is 11.4 Å². The van der Waals surface area contributed by atoms with Gasteiger partial charge in [-0.1, -0.05) is 53.6 Å². The molecule has 0 heterocycles. The quantitative estimate of drug-likeness (QED) is 0.241. The van der Waals surface area contributed by atoms with Crippen LogP contribution < -0.4 is 0 Å². The van der Waals surface area contributed by atoms with E-state index >= 15 is 0 Å². The molecular weight excluding hydrogens is 491 g/mol. The fraction of sp³-hybridized carbons (Fsp3) is 0.286. The third-order valence-corrected chi connectivity index (χ3v) is 5.53. The van der Waals surface area contributed by atoms with E-state index in [9.17, 15) is 0 Å². The van der Waals surface area contributed by atoms with Crippen molar-refractivity contribution in [1.29, 1.82) is 0 Å². The number of nitrogens with zero attached hydrogens (tertiary/aromatic N) is 2. The van der Waals surface area contributed by atoms with E-state index in [1.165, 1.54) is 33.4 Å². The van der Waals surface area contributed by atoms with Crippen LogP contribution in [0.3, 0.4) is 0 Å². The molecule has 176 valence electrons. The van der Waals surface area contributed by atoms with Crippen LogP contribution in [0.1, 0.15) is 58.4 Å². The average molecular weight is 523 g/mol. The van der Waals surface area contributed by atoms with Crippen molar-refractivity contribution in [3.63, 3.8) is 0 Å². The van der Waals surface area contributed by atoms with Crippen LogP contribution in [0.5, 0.6) is 0 Å². The van der Waals surface area contributed by atoms with Crippen molar-refractivity contribution in [2.75, 3.05) is 0 Å². The first kappa shape index (κ1) is 27.3. The molecule has 0 aliphatic rings. The summed E-state index contributed by atoms with van der Waals surface area (Å²) in [6.07, 6.45) is 0. The SMILES string of the molecule is CC(=Nc1c(C)cc(C)cc1C)c1cccc(C(C)=Nc2c(C)cc(C)cc2C)c1.[Cl][Fe][Cl]. The average Bonchev–Trinajstić information content (AvgIpc) is 2.73. The van der Waals surface area contributed by atoms with Crippen LogP contribution in [-0.2, 0) is 13.1 Å². The Kier molecular flexibility index (Phi) is 10.4. The number of hydrogen-bond donors (Lipinski definition) is 0. The molecule has 3 aromatic rings. The predicted molar refractivity (Wildman–Crippen MR) is 143 cm³/mol. The van der Waals surface area contributed by atoms with Gasteiger partial charge in [0.15, 0.2) is 0 Å². The van der Waals surface area contributed by atoms with Crippen LogP contribution in [0.4, 0.5) is 11.4 Å². The van der Waals surface area contributed by atoms with Gasteiger partial charge in [-0.15, -0.1) is 0 Å². The van der Waals surface area contributed by atoms with Crippen molar-refractivity contribution in [2.45, 2.75) is 55.4 Å². The zero-order chi connectivity index (χ0) is 24.7. The topological polar surface area (TPSA) is 24.7 Å². The zero-order valence-electron chi connectivity index (χ0n) is 20.6. The first-order valence-electron chi connectivity index (χ1n) is 10.8. The van der Waals surface area contributed by atoms with Crippen LogP contribution in [0, 0.1) is 41.5 Å². The molecule has 0 aromatic heterocycles. The van der Waals surface area contributed by atoms with E-state index in [1.807, 2.05) is 0 Å². The molecule has 0 N–H and O–H groups in total. The Hall–Kier alpha value is -1.90. The first-order valence-corrected chi connectivity index (χ1v) is 13.8. The van der Waals surface area contributed by atoms with Gasteiger partial charge in [-0.25, -0.2) is 0 Å². The standard InChI is InChI=1S/C28H32N2.2ClH.Fe/c1-17-12-19(3)27(20(4)13-17)29-23(7)25-10-9-11-26(16-25)24(8)30-28-21(5)14-18(2)15-22(28)6;;;/h9-16H,1-8H3;2*1H;/q;;;+2/p-2. The Balaban J connectivity index is 0.00000122. The Bertz CT molecular complexity index is 1060. The monoisotopic (exact) mass is 522 g/mol. The Morgan fingerprint density at radius 3 is 1.21 bits per heavy atom. The third kappa shape index (κ3) is 7.55. The Labute approximate surface area is 213 Å². The van der Waals surface area contributed by atoms with Gasteiger partial charge in [0, 0.05) is 11.4 Å². The summed E-state index contributed by atoms with van der Waals surface area (Å²) in [4.78, 5) is 9.94. The minimum atomic E-state index is 0.194. The maximum absolute atomic E-state index is 4.97. The van der Waals surface area contributed by atoms with Gasteiger partial charge in [-0.05, 0) is 94.8 Å². The molecule has 3 rings (SSSR count). The van der Waals surface area contributed by atoms with Gasteiger partial charge < -0.3 is 0 Å². The molecular formula is C28H32Cl2FeN2. The molecule has 0 unspecified atom stereocenters. The normalized spacial score (nSPS) is 11.9. The summed E-state index contributed by atoms with van der Waals surface area (Å²) >= 11 is 0.194. The molecule has 0 spiro atoms. The molecule has 0 bridgehead atoms. The predicted octanol–water partition coefficient (Wildman–Crippen LogP) is 9.20. The number of rotatable bonds is 4. The van der Waals surface area contributed by atoms with Gasteiger partial charge in [0.1, 0.15) is 0 Å². The number of halogens is 2. The van der Waals surface area contributed by atoms with Crippen LogP contribution in [0.2, 0.25) is 0 Å². The van der Waals surface area contributed by atoms with Crippen molar-refractivity contribution >= 4 is 43.0 Å². The van der Waals surface area contributed by atoms with E-state index in [4.69, 9.17) is 30.2 Å². The molecule has 0 aliphatic carbocycles. The maximum atomic E-state index is 4.97. The zero-order valence-corrected chi connectivity index (χ0v) is 23.2. The third-order valence-electron chi connectivity index (χ3n) is 5.53. The summed E-state index contributed by atoms with van der Waals surface area (Å²) in [5, 5.41) is 0. The van der Waals surface area contributed by atoms with E-state index < -0.39 is 0 Å². The number of aryl methyl sites for hydroxylation is 6. The molecule has 0 fully saturated rings. The molecule has 0 saturated carbocycles. The summed E-state index contributed by atoms with van der Waals surface area (Å²) in [6.45, 7) is 16.9. The number of aliphatic imine (C=N–C) groups is 2. The van der Waals surface area contributed by atoms with Gasteiger partial charge in [0.2, 0.25) is 0 Å². The molecule has 2 nitrogen and oxygen atoms in total. The molecule has 3 aromatic carbocycles. The summed E-state index contributed by atoms with van der Waals surface area (Å²) in [5.74, 6) is 0. The van der Waals surface area contributed by atoms with E-state index in [1.54, 1.807) is 0 Å². The second kappa shape index (κ2) is 12.5. The summed E-state index contributed by atoms with van der Waals surface area (Å²) in [6, 6.07) is 17.3. The van der Waals surface area contributed by atoms with E-state index in [0.29, 0.717) is 0 Å². The molecule has 0 amide bonds. The van der Waals surface area contributed by atoms with Gasteiger partial charge in [-0.3, -0.25) is 9.98 Å². The van der Waals surface area contributed by atoms with E-state index in [0.717, 1.165) is 33.9 Å². The van der Waals surface area contributed by atoms with E-state index in [-0.39, 0.29) is 13.1 Å². The van der Waals surface area contributed by atoms with Crippen molar-refractivity contribution in [3.8, 4) is 0 Å². The molecule has 0 aliphatic heterocycles. The first-order chi connectivity index (χ1) is 15.6. The van der Waals surface area contributed by atoms with Gasteiger partial charge >= 0.3 is 33.3 Å². The minimum absolute atomic E-state index is 0.194. The van der Waals surface area contributed by atoms with Crippen molar-refractivity contribution in [2.24, 2.45) is 9.98 Å². The summed E-state index contributed by atoms with van der Waals surface area (Å²) in [5.41, 5.74) is 13.8. The second-order valence-electron chi connectivity index (χ2n) is 8.52.